The number of hydrogen-bond donors (Lipinski definition) is 2. The van der Waals surface area contributed by atoms with Crippen LogP contribution in [0.3, 0.4) is 0 Å². The van der Waals surface area contributed by atoms with Crippen molar-refractivity contribution in [3.05, 3.63) is 35.5 Å². The summed E-state index contributed by atoms with van der Waals surface area (Å²) in [7, 11) is 0. The number of para-hydroxylation sites is 1. The summed E-state index contributed by atoms with van der Waals surface area (Å²) in [5.74, 6) is 0. The number of aryl methyl sites for hydroxylation is 1. The summed E-state index contributed by atoms with van der Waals surface area (Å²) in [6.07, 6.45) is 3.28. The normalized spacial score (nSPS) is 24.4. The van der Waals surface area contributed by atoms with E-state index in [1.54, 1.807) is 0 Å². The van der Waals surface area contributed by atoms with Crippen LogP contribution in [0.5, 0.6) is 0 Å². The molecule has 1 aliphatic heterocycles. The lowest BCUT2D eigenvalue weighted by Crippen LogP contribution is -2.53. The van der Waals surface area contributed by atoms with Crippen molar-refractivity contribution in [2.45, 2.75) is 45.8 Å². The molecule has 0 spiro atoms. The van der Waals surface area contributed by atoms with E-state index in [4.69, 9.17) is 0 Å². The second-order valence-corrected chi connectivity index (χ2v) is 6.17. The summed E-state index contributed by atoms with van der Waals surface area (Å²) in [4.78, 5) is 6.04. The van der Waals surface area contributed by atoms with E-state index < -0.39 is 0 Å². The Bertz CT molecular complexity index is 577. The first-order chi connectivity index (χ1) is 9.67. The summed E-state index contributed by atoms with van der Waals surface area (Å²) >= 11 is 0. The van der Waals surface area contributed by atoms with Gasteiger partial charge in [-0.25, -0.2) is 0 Å². The maximum Gasteiger partial charge on any atom is 0.0489 e. The van der Waals surface area contributed by atoms with E-state index >= 15 is 0 Å². The lowest BCUT2D eigenvalue weighted by atomic mass is 10.1. The molecule has 1 aromatic carbocycles. The van der Waals surface area contributed by atoms with Crippen LogP contribution in [-0.4, -0.2) is 35.1 Å². The van der Waals surface area contributed by atoms with Crippen molar-refractivity contribution < 1.29 is 0 Å². The van der Waals surface area contributed by atoms with Crippen molar-refractivity contribution in [3.8, 4) is 0 Å². The minimum absolute atomic E-state index is 0.579. The zero-order valence-electron chi connectivity index (χ0n) is 12.7. The summed E-state index contributed by atoms with van der Waals surface area (Å²) < 4.78 is 0. The third kappa shape index (κ3) is 2.60. The number of nitrogens with zero attached hydrogens (tertiary/aromatic N) is 1. The van der Waals surface area contributed by atoms with Crippen LogP contribution in [0.4, 0.5) is 0 Å². The van der Waals surface area contributed by atoms with E-state index in [1.165, 1.54) is 22.0 Å². The van der Waals surface area contributed by atoms with E-state index in [1.807, 2.05) is 0 Å². The Balaban J connectivity index is 1.84. The van der Waals surface area contributed by atoms with E-state index in [2.05, 4.69) is 60.4 Å². The molecule has 0 radical (unpaired) electrons. The van der Waals surface area contributed by atoms with Gasteiger partial charge >= 0.3 is 0 Å². The molecule has 2 heterocycles. The molecule has 0 amide bonds. The highest BCUT2D eigenvalue weighted by molar-refractivity contribution is 5.86. The van der Waals surface area contributed by atoms with E-state index in [9.17, 15) is 0 Å². The van der Waals surface area contributed by atoms with Gasteiger partial charge in [-0.15, -0.1) is 0 Å². The molecule has 1 fully saturated rings. The predicted octanol–water partition coefficient (Wildman–Crippen LogP) is 2.91. The number of nitrogens with one attached hydrogen (secondary N) is 2. The Morgan fingerprint density at radius 2 is 1.90 bits per heavy atom. The lowest BCUT2D eigenvalue weighted by Gasteiger charge is -2.36. The minimum Gasteiger partial charge on any atom is -0.361 e. The molecule has 2 unspecified atom stereocenters. The molecule has 1 aliphatic rings. The molecule has 3 heteroatoms. The highest BCUT2D eigenvalue weighted by atomic mass is 15.2. The number of benzene rings is 1. The second kappa shape index (κ2) is 5.58. The molecule has 1 saturated heterocycles. The number of aromatic amines is 1. The molecule has 20 heavy (non-hydrogen) atoms. The first kappa shape index (κ1) is 13.7. The molecule has 1 aromatic heterocycles. The van der Waals surface area contributed by atoms with Crippen LogP contribution in [0.1, 0.15) is 31.9 Å². The van der Waals surface area contributed by atoms with Crippen molar-refractivity contribution in [2.75, 3.05) is 13.1 Å². The Morgan fingerprint density at radius 1 is 1.15 bits per heavy atom. The number of rotatable bonds is 3. The number of H-pyrrole nitrogens is 1. The predicted molar refractivity (Wildman–Crippen MR) is 85.0 cm³/mol. The van der Waals surface area contributed by atoms with Crippen LogP contribution in [-0.2, 0) is 13.0 Å². The Hall–Kier alpha value is -1.32. The van der Waals surface area contributed by atoms with Crippen molar-refractivity contribution >= 4 is 10.9 Å². The average molecular weight is 271 g/mol. The van der Waals surface area contributed by atoms with Gasteiger partial charge in [0.1, 0.15) is 0 Å². The van der Waals surface area contributed by atoms with Crippen molar-refractivity contribution in [1.82, 2.24) is 15.2 Å². The molecular weight excluding hydrogens is 246 g/mol. The molecule has 0 aliphatic carbocycles. The van der Waals surface area contributed by atoms with Gasteiger partial charge < -0.3 is 10.3 Å². The van der Waals surface area contributed by atoms with E-state index in [0.29, 0.717) is 12.1 Å². The Morgan fingerprint density at radius 3 is 2.60 bits per heavy atom. The lowest BCUT2D eigenvalue weighted by molar-refractivity contribution is 0.167. The molecule has 2 atom stereocenters. The monoisotopic (exact) mass is 271 g/mol. The molecule has 3 nitrogen and oxygen atoms in total. The average Bonchev–Trinajstić information content (AvgIpc) is 2.81. The fourth-order valence-corrected chi connectivity index (χ4v) is 3.51. The highest BCUT2D eigenvalue weighted by Crippen LogP contribution is 2.24. The number of piperazine rings is 1. The van der Waals surface area contributed by atoms with E-state index in [0.717, 1.165) is 26.1 Å². The number of fused-ring (bicyclic) bond motifs is 1. The third-order valence-electron chi connectivity index (χ3n) is 4.30. The Kier molecular flexibility index (Phi) is 3.81. The fraction of sp³-hybridized carbons (Fsp3) is 0.529. The van der Waals surface area contributed by atoms with Gasteiger partial charge in [-0.05, 0) is 31.4 Å². The molecule has 0 saturated carbocycles. The molecular formula is C17H25N3. The number of hydrogen-bond acceptors (Lipinski definition) is 2. The van der Waals surface area contributed by atoms with Crippen molar-refractivity contribution in [2.24, 2.45) is 0 Å². The first-order valence-corrected chi connectivity index (χ1v) is 7.73. The zero-order chi connectivity index (χ0) is 14.1. The summed E-state index contributed by atoms with van der Waals surface area (Å²) in [5.41, 5.74) is 4.16. The third-order valence-corrected chi connectivity index (χ3v) is 4.30. The molecule has 0 bridgehead atoms. The van der Waals surface area contributed by atoms with Gasteiger partial charge in [0, 0.05) is 48.8 Å². The maximum atomic E-state index is 3.59. The van der Waals surface area contributed by atoms with Crippen LogP contribution >= 0.6 is 0 Å². The van der Waals surface area contributed by atoms with Crippen LogP contribution in [0.15, 0.2) is 24.4 Å². The molecule has 2 N–H and O–H groups in total. The quantitative estimate of drug-likeness (QED) is 0.899. The standard InChI is InChI=1S/C17H25N3/c1-4-14-6-5-7-16-15(8-18-17(14)16)11-20-9-12(2)19-13(3)10-20/h5-8,12-13,18-19H,4,9-11H2,1-3H3. The molecule has 108 valence electrons. The summed E-state index contributed by atoms with van der Waals surface area (Å²) in [6, 6.07) is 7.80. The van der Waals surface area contributed by atoms with Crippen LogP contribution in [0.25, 0.3) is 10.9 Å². The van der Waals surface area contributed by atoms with Crippen LogP contribution < -0.4 is 5.32 Å². The Labute approximate surface area is 121 Å². The van der Waals surface area contributed by atoms with Gasteiger partial charge in [0.2, 0.25) is 0 Å². The molecule has 3 rings (SSSR count). The smallest absolute Gasteiger partial charge is 0.0489 e. The second-order valence-electron chi connectivity index (χ2n) is 6.17. The van der Waals surface area contributed by atoms with Gasteiger partial charge in [0.15, 0.2) is 0 Å². The van der Waals surface area contributed by atoms with Gasteiger partial charge in [-0.3, -0.25) is 4.90 Å². The topological polar surface area (TPSA) is 31.1 Å². The van der Waals surface area contributed by atoms with Gasteiger partial charge in [-0.2, -0.15) is 0 Å². The SMILES string of the molecule is CCc1cccc2c(CN3CC(C)NC(C)C3)c[nH]c12. The van der Waals surface area contributed by atoms with Crippen LogP contribution in [0, 0.1) is 0 Å². The van der Waals surface area contributed by atoms with Gasteiger partial charge in [0.25, 0.3) is 0 Å². The molecule has 2 aromatic rings. The van der Waals surface area contributed by atoms with Crippen LogP contribution in [0.2, 0.25) is 0 Å². The summed E-state index contributed by atoms with van der Waals surface area (Å²) in [6.45, 7) is 10.1. The van der Waals surface area contributed by atoms with Crippen molar-refractivity contribution in [1.29, 1.82) is 0 Å². The van der Waals surface area contributed by atoms with E-state index in [-0.39, 0.29) is 0 Å². The zero-order valence-corrected chi connectivity index (χ0v) is 12.7. The first-order valence-electron chi connectivity index (χ1n) is 7.73. The maximum absolute atomic E-state index is 3.59. The van der Waals surface area contributed by atoms with Gasteiger partial charge in [-0.1, -0.05) is 25.1 Å². The highest BCUT2D eigenvalue weighted by Gasteiger charge is 2.21. The number of aromatic nitrogens is 1. The van der Waals surface area contributed by atoms with Crippen molar-refractivity contribution in [3.63, 3.8) is 0 Å². The minimum atomic E-state index is 0.579. The van der Waals surface area contributed by atoms with Gasteiger partial charge in [0.05, 0.1) is 0 Å². The summed E-state index contributed by atoms with van der Waals surface area (Å²) in [5, 5.41) is 4.99. The largest absolute Gasteiger partial charge is 0.361 e. The fourth-order valence-electron chi connectivity index (χ4n) is 3.51.